The maximum absolute atomic E-state index is 13.1. The van der Waals surface area contributed by atoms with Gasteiger partial charge in [-0.25, -0.2) is 4.79 Å². The molecule has 0 bridgehead atoms. The van der Waals surface area contributed by atoms with Gasteiger partial charge in [0.2, 0.25) is 0 Å². The maximum atomic E-state index is 13.1. The van der Waals surface area contributed by atoms with E-state index in [0.29, 0.717) is 6.42 Å². The number of carbonyl (C=O) groups is 2. The second kappa shape index (κ2) is 8.24. The quantitative estimate of drug-likeness (QED) is 0.733. The van der Waals surface area contributed by atoms with Crippen LogP contribution in [0.3, 0.4) is 0 Å². The Hall–Kier alpha value is -3.16. The Labute approximate surface area is 160 Å². The van der Waals surface area contributed by atoms with Gasteiger partial charge in [-0.2, -0.15) is 8.78 Å². The van der Waals surface area contributed by atoms with Crippen LogP contribution in [0.15, 0.2) is 42.5 Å². The maximum Gasteiger partial charge on any atom is 0.387 e. The molecular formula is C20H19F2NO5. The summed E-state index contributed by atoms with van der Waals surface area (Å²) in [6.07, 6.45) is 0.332. The SMILES string of the molecule is COC(=O)[C@H]1Cc2ccccc2CN1C(=O)c1ccc(OC(F)F)c(OC)c1. The summed E-state index contributed by atoms with van der Waals surface area (Å²) in [7, 11) is 2.56. The molecule has 148 valence electrons. The van der Waals surface area contributed by atoms with Gasteiger partial charge < -0.3 is 19.1 Å². The van der Waals surface area contributed by atoms with Crippen LogP contribution in [0.4, 0.5) is 8.78 Å². The molecule has 0 unspecified atom stereocenters. The normalized spacial score (nSPS) is 15.8. The molecule has 0 saturated carbocycles. The van der Waals surface area contributed by atoms with Crippen LogP contribution in [-0.4, -0.2) is 43.6 Å². The van der Waals surface area contributed by atoms with E-state index in [1.54, 1.807) is 0 Å². The number of amides is 1. The monoisotopic (exact) mass is 391 g/mol. The fourth-order valence-electron chi connectivity index (χ4n) is 3.24. The predicted octanol–water partition coefficient (Wildman–Crippen LogP) is 3.04. The molecular weight excluding hydrogens is 372 g/mol. The van der Waals surface area contributed by atoms with Crippen LogP contribution < -0.4 is 9.47 Å². The van der Waals surface area contributed by atoms with E-state index in [2.05, 4.69) is 4.74 Å². The molecule has 0 aliphatic carbocycles. The van der Waals surface area contributed by atoms with Crippen LogP contribution >= 0.6 is 0 Å². The number of hydrogen-bond donors (Lipinski definition) is 0. The van der Waals surface area contributed by atoms with Gasteiger partial charge in [0.15, 0.2) is 11.5 Å². The highest BCUT2D eigenvalue weighted by Crippen LogP contribution is 2.31. The van der Waals surface area contributed by atoms with E-state index in [9.17, 15) is 18.4 Å². The molecule has 0 fully saturated rings. The van der Waals surface area contributed by atoms with Crippen molar-refractivity contribution < 1.29 is 32.6 Å². The van der Waals surface area contributed by atoms with Crippen LogP contribution in [0.25, 0.3) is 0 Å². The van der Waals surface area contributed by atoms with E-state index in [1.807, 2.05) is 24.3 Å². The number of methoxy groups -OCH3 is 2. The van der Waals surface area contributed by atoms with Crippen molar-refractivity contribution in [3.05, 3.63) is 59.2 Å². The highest BCUT2D eigenvalue weighted by atomic mass is 19.3. The van der Waals surface area contributed by atoms with Gasteiger partial charge in [-0.1, -0.05) is 24.3 Å². The lowest BCUT2D eigenvalue weighted by atomic mass is 9.93. The number of halogens is 2. The molecule has 0 aromatic heterocycles. The molecule has 2 aromatic rings. The van der Waals surface area contributed by atoms with Crippen molar-refractivity contribution in [1.29, 1.82) is 0 Å². The van der Waals surface area contributed by atoms with Gasteiger partial charge >= 0.3 is 12.6 Å². The van der Waals surface area contributed by atoms with Crippen molar-refractivity contribution >= 4 is 11.9 Å². The van der Waals surface area contributed by atoms with E-state index >= 15 is 0 Å². The molecule has 8 heteroatoms. The summed E-state index contributed by atoms with van der Waals surface area (Å²) in [5.41, 5.74) is 2.09. The number of benzene rings is 2. The molecule has 1 amide bonds. The van der Waals surface area contributed by atoms with Crippen LogP contribution in [-0.2, 0) is 22.5 Å². The molecule has 6 nitrogen and oxygen atoms in total. The third-order valence-corrected chi connectivity index (χ3v) is 4.61. The van der Waals surface area contributed by atoms with Crippen molar-refractivity contribution in [2.45, 2.75) is 25.6 Å². The molecule has 0 saturated heterocycles. The number of fused-ring (bicyclic) bond motifs is 1. The molecule has 1 aliphatic heterocycles. The van der Waals surface area contributed by atoms with Gasteiger partial charge in [0, 0.05) is 18.5 Å². The number of nitrogens with zero attached hydrogens (tertiary/aromatic N) is 1. The standard InChI is InChI=1S/C20H19F2NO5/c1-26-17-10-13(7-8-16(17)28-20(21)22)18(24)23-11-14-6-4-3-5-12(14)9-15(23)19(25)27-2/h3-8,10,15,20H,9,11H2,1-2H3/t15-/m1/s1. The highest BCUT2D eigenvalue weighted by Gasteiger charge is 2.36. The van der Waals surface area contributed by atoms with E-state index in [-0.39, 0.29) is 23.6 Å². The average Bonchev–Trinajstić information content (AvgIpc) is 2.71. The van der Waals surface area contributed by atoms with Crippen molar-refractivity contribution in [3.8, 4) is 11.5 Å². The lowest BCUT2D eigenvalue weighted by Gasteiger charge is -2.35. The fraction of sp³-hybridized carbons (Fsp3) is 0.300. The smallest absolute Gasteiger partial charge is 0.387 e. The van der Waals surface area contributed by atoms with Gasteiger partial charge in [-0.3, -0.25) is 4.79 Å². The molecule has 0 radical (unpaired) electrons. The lowest BCUT2D eigenvalue weighted by Crippen LogP contribution is -2.49. The molecule has 28 heavy (non-hydrogen) atoms. The molecule has 2 aromatic carbocycles. The topological polar surface area (TPSA) is 65.1 Å². The summed E-state index contributed by atoms with van der Waals surface area (Å²) in [6.45, 7) is -2.79. The van der Waals surface area contributed by atoms with Crippen molar-refractivity contribution in [1.82, 2.24) is 4.90 Å². The first-order valence-corrected chi connectivity index (χ1v) is 8.53. The van der Waals surface area contributed by atoms with Crippen molar-refractivity contribution in [2.24, 2.45) is 0 Å². The van der Waals surface area contributed by atoms with Crippen molar-refractivity contribution in [2.75, 3.05) is 14.2 Å². The molecule has 1 heterocycles. The van der Waals surface area contributed by atoms with E-state index < -0.39 is 24.5 Å². The van der Waals surface area contributed by atoms with Crippen LogP contribution in [0.5, 0.6) is 11.5 Å². The Morgan fingerprint density at radius 2 is 1.79 bits per heavy atom. The zero-order valence-electron chi connectivity index (χ0n) is 15.4. The number of esters is 1. The summed E-state index contributed by atoms with van der Waals surface area (Å²) in [5.74, 6) is -1.14. The summed E-state index contributed by atoms with van der Waals surface area (Å²) < 4.78 is 39.3. The minimum Gasteiger partial charge on any atom is -0.493 e. The Bertz CT molecular complexity index is 887. The largest absolute Gasteiger partial charge is 0.493 e. The summed E-state index contributed by atoms with van der Waals surface area (Å²) in [4.78, 5) is 26.8. The highest BCUT2D eigenvalue weighted by molar-refractivity contribution is 5.97. The second-order valence-electron chi connectivity index (χ2n) is 6.19. The third-order valence-electron chi connectivity index (χ3n) is 4.61. The molecule has 0 spiro atoms. The fourth-order valence-corrected chi connectivity index (χ4v) is 3.24. The number of hydrogen-bond acceptors (Lipinski definition) is 5. The Kier molecular flexibility index (Phi) is 5.77. The Balaban J connectivity index is 1.94. The van der Waals surface area contributed by atoms with Crippen LogP contribution in [0, 0.1) is 0 Å². The number of rotatable bonds is 5. The first kappa shape index (κ1) is 19.6. The summed E-state index contributed by atoms with van der Waals surface area (Å²) in [6, 6.07) is 10.7. The number of alkyl halides is 2. The molecule has 1 atom stereocenters. The second-order valence-corrected chi connectivity index (χ2v) is 6.19. The van der Waals surface area contributed by atoms with Crippen LogP contribution in [0.1, 0.15) is 21.5 Å². The van der Waals surface area contributed by atoms with E-state index in [0.717, 1.165) is 11.1 Å². The first-order chi connectivity index (χ1) is 13.4. The van der Waals surface area contributed by atoms with Gasteiger partial charge in [0.1, 0.15) is 6.04 Å². The third kappa shape index (κ3) is 3.90. The van der Waals surface area contributed by atoms with Crippen molar-refractivity contribution in [3.63, 3.8) is 0 Å². The first-order valence-electron chi connectivity index (χ1n) is 8.53. The zero-order chi connectivity index (χ0) is 20.3. The van der Waals surface area contributed by atoms with Gasteiger partial charge in [0.25, 0.3) is 5.91 Å². The number of ether oxygens (including phenoxy) is 3. The number of carbonyl (C=O) groups excluding carboxylic acids is 2. The zero-order valence-corrected chi connectivity index (χ0v) is 15.4. The lowest BCUT2D eigenvalue weighted by molar-refractivity contribution is -0.146. The Morgan fingerprint density at radius 1 is 1.07 bits per heavy atom. The van der Waals surface area contributed by atoms with E-state index in [1.165, 1.54) is 37.3 Å². The Morgan fingerprint density at radius 3 is 2.43 bits per heavy atom. The van der Waals surface area contributed by atoms with Gasteiger partial charge in [-0.05, 0) is 29.3 Å². The molecule has 0 N–H and O–H groups in total. The molecule has 3 rings (SSSR count). The minimum atomic E-state index is -3.02. The van der Waals surface area contributed by atoms with Crippen LogP contribution in [0.2, 0.25) is 0 Å². The minimum absolute atomic E-state index is 0.00169. The predicted molar refractivity (Wildman–Crippen MR) is 95.4 cm³/mol. The average molecular weight is 391 g/mol. The van der Waals surface area contributed by atoms with E-state index in [4.69, 9.17) is 9.47 Å². The van der Waals surface area contributed by atoms with Gasteiger partial charge in [-0.15, -0.1) is 0 Å². The summed E-state index contributed by atoms with van der Waals surface area (Å²) in [5, 5.41) is 0. The van der Waals surface area contributed by atoms with Gasteiger partial charge in [0.05, 0.1) is 14.2 Å². The summed E-state index contributed by atoms with van der Waals surface area (Å²) >= 11 is 0. The molecule has 1 aliphatic rings.